The third-order valence-corrected chi connectivity index (χ3v) is 2.00. The predicted molar refractivity (Wildman–Crippen MR) is 50.0 cm³/mol. The van der Waals surface area contributed by atoms with Gasteiger partial charge >= 0.3 is 0 Å². The molecule has 4 nitrogen and oxygen atoms in total. The van der Waals surface area contributed by atoms with E-state index in [1.807, 2.05) is 13.1 Å². The molecule has 0 aliphatic heterocycles. The number of primary amides is 1. The summed E-state index contributed by atoms with van der Waals surface area (Å²) < 4.78 is 2.07. The molecule has 1 aromatic heterocycles. The molecule has 0 bridgehead atoms. The number of aromatic nitrogens is 2. The van der Waals surface area contributed by atoms with Crippen molar-refractivity contribution in [3.63, 3.8) is 0 Å². The lowest BCUT2D eigenvalue weighted by atomic mass is 10.2. The van der Waals surface area contributed by atoms with E-state index in [1.54, 1.807) is 6.20 Å². The summed E-state index contributed by atoms with van der Waals surface area (Å²) in [5.41, 5.74) is 5.02. The van der Waals surface area contributed by atoms with Gasteiger partial charge in [0, 0.05) is 25.4 Å². The molecular formula is C9H15N3O. The van der Waals surface area contributed by atoms with E-state index >= 15 is 0 Å². The highest BCUT2D eigenvalue weighted by atomic mass is 16.1. The van der Waals surface area contributed by atoms with Crippen LogP contribution < -0.4 is 5.73 Å². The Morgan fingerprint density at radius 1 is 1.62 bits per heavy atom. The third-order valence-electron chi connectivity index (χ3n) is 2.00. The molecule has 0 aromatic carbocycles. The van der Waals surface area contributed by atoms with Crippen molar-refractivity contribution in [3.8, 4) is 0 Å². The number of hydrogen-bond acceptors (Lipinski definition) is 2. The van der Waals surface area contributed by atoms with E-state index in [-0.39, 0.29) is 5.91 Å². The molecule has 0 fully saturated rings. The molecule has 1 amide bonds. The van der Waals surface area contributed by atoms with Crippen molar-refractivity contribution in [2.75, 3.05) is 0 Å². The smallest absolute Gasteiger partial charge is 0.217 e. The van der Waals surface area contributed by atoms with Crippen molar-refractivity contribution in [1.82, 2.24) is 9.55 Å². The summed E-state index contributed by atoms with van der Waals surface area (Å²) in [4.78, 5) is 14.5. The van der Waals surface area contributed by atoms with Crippen LogP contribution in [0.15, 0.2) is 12.4 Å². The summed E-state index contributed by atoms with van der Waals surface area (Å²) in [6.07, 6.45) is 6.03. The molecule has 1 aromatic rings. The standard InChI is InChI=1S/C9H15N3O/c1-8-11-5-7-12(8)6-3-2-4-9(10)13/h5,7H,2-4,6H2,1H3,(H2,10,13). The number of nitrogens with two attached hydrogens (primary N) is 1. The first-order valence-electron chi connectivity index (χ1n) is 4.46. The number of hydrogen-bond donors (Lipinski definition) is 1. The SMILES string of the molecule is Cc1nccn1CCCCC(N)=O. The zero-order chi connectivity index (χ0) is 9.68. The fourth-order valence-electron chi connectivity index (χ4n) is 1.22. The maximum absolute atomic E-state index is 10.4. The highest BCUT2D eigenvalue weighted by molar-refractivity contribution is 5.73. The molecule has 72 valence electrons. The molecule has 0 aliphatic carbocycles. The molecular weight excluding hydrogens is 166 g/mol. The highest BCUT2D eigenvalue weighted by Crippen LogP contribution is 2.01. The van der Waals surface area contributed by atoms with Crippen molar-refractivity contribution < 1.29 is 4.79 Å². The Hall–Kier alpha value is -1.32. The van der Waals surface area contributed by atoms with Gasteiger partial charge in [0.2, 0.25) is 5.91 Å². The van der Waals surface area contributed by atoms with Crippen LogP contribution in [-0.2, 0) is 11.3 Å². The van der Waals surface area contributed by atoms with Crippen LogP contribution in [0.1, 0.15) is 25.1 Å². The number of unbranched alkanes of at least 4 members (excludes halogenated alkanes) is 1. The zero-order valence-electron chi connectivity index (χ0n) is 7.86. The van der Waals surface area contributed by atoms with Gasteiger partial charge in [-0.15, -0.1) is 0 Å². The average molecular weight is 181 g/mol. The molecule has 0 atom stereocenters. The second-order valence-electron chi connectivity index (χ2n) is 3.09. The van der Waals surface area contributed by atoms with Crippen molar-refractivity contribution in [2.24, 2.45) is 5.73 Å². The lowest BCUT2D eigenvalue weighted by molar-refractivity contribution is -0.118. The molecule has 0 saturated carbocycles. The van der Waals surface area contributed by atoms with Gasteiger partial charge in [-0.3, -0.25) is 4.79 Å². The van der Waals surface area contributed by atoms with Gasteiger partial charge < -0.3 is 10.3 Å². The van der Waals surface area contributed by atoms with Gasteiger partial charge in [0.1, 0.15) is 5.82 Å². The van der Waals surface area contributed by atoms with Crippen LogP contribution in [0.25, 0.3) is 0 Å². The summed E-state index contributed by atoms with van der Waals surface area (Å²) >= 11 is 0. The largest absolute Gasteiger partial charge is 0.370 e. The van der Waals surface area contributed by atoms with Gasteiger partial charge in [0.05, 0.1) is 0 Å². The van der Waals surface area contributed by atoms with Crippen LogP contribution in [0.2, 0.25) is 0 Å². The molecule has 4 heteroatoms. The topological polar surface area (TPSA) is 60.9 Å². The van der Waals surface area contributed by atoms with E-state index in [2.05, 4.69) is 9.55 Å². The average Bonchev–Trinajstić information content (AvgIpc) is 2.45. The Kier molecular flexibility index (Phi) is 3.49. The highest BCUT2D eigenvalue weighted by Gasteiger charge is 1.97. The molecule has 1 rings (SSSR count). The van der Waals surface area contributed by atoms with Crippen molar-refractivity contribution >= 4 is 5.91 Å². The van der Waals surface area contributed by atoms with Gasteiger partial charge in [-0.1, -0.05) is 0 Å². The van der Waals surface area contributed by atoms with Crippen LogP contribution in [0.4, 0.5) is 0 Å². The quantitative estimate of drug-likeness (QED) is 0.684. The first-order chi connectivity index (χ1) is 6.20. The fraction of sp³-hybridized carbons (Fsp3) is 0.556. The van der Waals surface area contributed by atoms with Crippen LogP contribution >= 0.6 is 0 Å². The monoisotopic (exact) mass is 181 g/mol. The number of rotatable bonds is 5. The zero-order valence-corrected chi connectivity index (χ0v) is 7.86. The third kappa shape index (κ3) is 3.27. The minimum atomic E-state index is -0.220. The van der Waals surface area contributed by atoms with Gasteiger partial charge in [-0.25, -0.2) is 4.98 Å². The number of carbonyl (C=O) groups is 1. The number of nitrogens with zero attached hydrogens (tertiary/aromatic N) is 2. The minimum Gasteiger partial charge on any atom is -0.370 e. The molecule has 0 aliphatic rings. The van der Waals surface area contributed by atoms with E-state index < -0.39 is 0 Å². The maximum atomic E-state index is 10.4. The van der Waals surface area contributed by atoms with Crippen molar-refractivity contribution in [2.45, 2.75) is 32.7 Å². The lowest BCUT2D eigenvalue weighted by Crippen LogP contribution is -2.10. The van der Waals surface area contributed by atoms with E-state index in [9.17, 15) is 4.79 Å². The lowest BCUT2D eigenvalue weighted by Gasteiger charge is -2.03. The van der Waals surface area contributed by atoms with Gasteiger partial charge in [-0.2, -0.15) is 0 Å². The molecule has 1 heterocycles. The fourth-order valence-corrected chi connectivity index (χ4v) is 1.22. The summed E-state index contributed by atoms with van der Waals surface area (Å²) in [6.45, 7) is 2.88. The van der Waals surface area contributed by atoms with E-state index in [0.29, 0.717) is 6.42 Å². The van der Waals surface area contributed by atoms with Gasteiger partial charge in [-0.05, 0) is 19.8 Å². The molecule has 13 heavy (non-hydrogen) atoms. The van der Waals surface area contributed by atoms with Crippen LogP contribution in [0, 0.1) is 6.92 Å². The first-order valence-corrected chi connectivity index (χ1v) is 4.46. The molecule has 0 unspecified atom stereocenters. The van der Waals surface area contributed by atoms with E-state index in [0.717, 1.165) is 25.2 Å². The van der Waals surface area contributed by atoms with Crippen LogP contribution in [0.5, 0.6) is 0 Å². The predicted octanol–water partition coefficient (Wildman–Crippen LogP) is 0.847. The second-order valence-corrected chi connectivity index (χ2v) is 3.09. The number of aryl methyl sites for hydroxylation is 2. The van der Waals surface area contributed by atoms with Crippen molar-refractivity contribution in [3.05, 3.63) is 18.2 Å². The second kappa shape index (κ2) is 4.64. The summed E-state index contributed by atoms with van der Waals surface area (Å²) in [7, 11) is 0. The van der Waals surface area contributed by atoms with Crippen molar-refractivity contribution in [1.29, 1.82) is 0 Å². The Balaban J connectivity index is 2.20. The summed E-state index contributed by atoms with van der Waals surface area (Å²) in [5.74, 6) is 0.793. The summed E-state index contributed by atoms with van der Waals surface area (Å²) in [6, 6.07) is 0. The van der Waals surface area contributed by atoms with E-state index in [4.69, 9.17) is 5.73 Å². The first kappa shape index (κ1) is 9.77. The van der Waals surface area contributed by atoms with Crippen LogP contribution in [0.3, 0.4) is 0 Å². The Bertz CT molecular complexity index is 280. The maximum Gasteiger partial charge on any atom is 0.217 e. The number of imidazole rings is 1. The normalized spacial score (nSPS) is 10.2. The van der Waals surface area contributed by atoms with Gasteiger partial charge in [0.15, 0.2) is 0 Å². The van der Waals surface area contributed by atoms with Crippen LogP contribution in [-0.4, -0.2) is 15.5 Å². The Morgan fingerprint density at radius 3 is 2.92 bits per heavy atom. The minimum absolute atomic E-state index is 0.220. The number of carbonyl (C=O) groups excluding carboxylic acids is 1. The Morgan fingerprint density at radius 2 is 2.38 bits per heavy atom. The molecule has 0 spiro atoms. The molecule has 0 saturated heterocycles. The van der Waals surface area contributed by atoms with E-state index in [1.165, 1.54) is 0 Å². The number of amides is 1. The molecule has 0 radical (unpaired) electrons. The molecule has 2 N–H and O–H groups in total. The Labute approximate surface area is 77.8 Å². The summed E-state index contributed by atoms with van der Waals surface area (Å²) in [5, 5.41) is 0. The van der Waals surface area contributed by atoms with Gasteiger partial charge in [0.25, 0.3) is 0 Å².